The second kappa shape index (κ2) is 4.19. The van der Waals surface area contributed by atoms with Crippen LogP contribution >= 0.6 is 0 Å². The van der Waals surface area contributed by atoms with Crippen LogP contribution in [0.25, 0.3) is 0 Å². The average Bonchev–Trinajstić information content (AvgIpc) is 2.21. The highest BCUT2D eigenvalue weighted by atomic mass is 19.1. The maximum atomic E-state index is 13.9. The topological polar surface area (TPSA) is 29.5 Å². The number of ether oxygens (including phenoxy) is 1. The lowest BCUT2D eigenvalue weighted by Gasteiger charge is -2.25. The van der Waals surface area contributed by atoms with Crippen molar-refractivity contribution in [2.75, 3.05) is 13.7 Å². The summed E-state index contributed by atoms with van der Waals surface area (Å²) < 4.78 is 19.1. The fourth-order valence-electron chi connectivity index (χ4n) is 1.54. The number of aliphatic hydroxyl groups is 1. The zero-order valence-corrected chi connectivity index (χ0v) is 9.60. The van der Waals surface area contributed by atoms with Gasteiger partial charge < -0.3 is 9.84 Å². The van der Waals surface area contributed by atoms with Crippen molar-refractivity contribution in [2.45, 2.75) is 26.2 Å². The minimum atomic E-state index is -0.637. The molecule has 0 aromatic heterocycles. The van der Waals surface area contributed by atoms with Crippen LogP contribution in [0.2, 0.25) is 0 Å². The lowest BCUT2D eigenvalue weighted by molar-refractivity contribution is 0.210. The summed E-state index contributed by atoms with van der Waals surface area (Å²) in [4.78, 5) is 0. The molecular weight excluding hydrogens is 195 g/mol. The van der Waals surface area contributed by atoms with Gasteiger partial charge in [0.2, 0.25) is 0 Å². The van der Waals surface area contributed by atoms with Crippen molar-refractivity contribution in [3.63, 3.8) is 0 Å². The van der Waals surface area contributed by atoms with E-state index in [4.69, 9.17) is 4.74 Å². The summed E-state index contributed by atoms with van der Waals surface area (Å²) in [6.45, 7) is 5.15. The quantitative estimate of drug-likeness (QED) is 0.833. The van der Waals surface area contributed by atoms with Crippen LogP contribution in [0, 0.1) is 12.7 Å². The van der Waals surface area contributed by atoms with Gasteiger partial charge in [-0.2, -0.15) is 0 Å². The van der Waals surface area contributed by atoms with Gasteiger partial charge in [0.25, 0.3) is 0 Å². The van der Waals surface area contributed by atoms with E-state index in [1.165, 1.54) is 7.11 Å². The van der Waals surface area contributed by atoms with E-state index >= 15 is 0 Å². The molecule has 0 unspecified atom stereocenters. The van der Waals surface area contributed by atoms with Crippen LogP contribution in [0.4, 0.5) is 4.39 Å². The Kier molecular flexibility index (Phi) is 3.35. The molecule has 1 aromatic carbocycles. The van der Waals surface area contributed by atoms with Crippen LogP contribution in [0.5, 0.6) is 5.75 Å². The van der Waals surface area contributed by atoms with Crippen LogP contribution in [0.1, 0.15) is 25.0 Å². The Labute approximate surface area is 89.7 Å². The Morgan fingerprint density at radius 2 is 2.00 bits per heavy atom. The van der Waals surface area contributed by atoms with E-state index in [0.29, 0.717) is 16.9 Å². The normalized spacial score (nSPS) is 11.6. The second-order valence-corrected chi connectivity index (χ2v) is 4.32. The molecule has 1 aromatic rings. The first-order chi connectivity index (χ1) is 6.94. The van der Waals surface area contributed by atoms with Crippen LogP contribution in [-0.2, 0) is 5.41 Å². The van der Waals surface area contributed by atoms with Gasteiger partial charge in [-0.25, -0.2) is 4.39 Å². The third kappa shape index (κ3) is 2.12. The molecule has 0 atom stereocenters. The fourth-order valence-corrected chi connectivity index (χ4v) is 1.54. The first-order valence-corrected chi connectivity index (χ1v) is 4.88. The molecule has 2 nitrogen and oxygen atoms in total. The highest BCUT2D eigenvalue weighted by molar-refractivity contribution is 5.43. The Bertz CT molecular complexity index is 359. The summed E-state index contributed by atoms with van der Waals surface area (Å²) in [5.74, 6) is 0.186. The minimum absolute atomic E-state index is 0.121. The summed E-state index contributed by atoms with van der Waals surface area (Å²) in [7, 11) is 1.50. The molecule has 0 fully saturated rings. The van der Waals surface area contributed by atoms with Gasteiger partial charge in [0, 0.05) is 11.0 Å². The molecule has 0 aliphatic carbocycles. The number of rotatable bonds is 3. The number of aliphatic hydroxyl groups excluding tert-OH is 1. The molecule has 1 rings (SSSR count). The molecule has 0 heterocycles. The van der Waals surface area contributed by atoms with Crippen molar-refractivity contribution in [3.8, 4) is 5.75 Å². The standard InChI is InChI=1S/C12H17FO2/c1-8-5-6-9(15-4)10(11(8)13)12(2,3)7-14/h5-6,14H,7H2,1-4H3. The lowest BCUT2D eigenvalue weighted by atomic mass is 9.83. The molecule has 0 aliphatic heterocycles. The van der Waals surface area contributed by atoms with Crippen molar-refractivity contribution in [1.82, 2.24) is 0 Å². The van der Waals surface area contributed by atoms with Crippen molar-refractivity contribution in [1.29, 1.82) is 0 Å². The molecule has 84 valence electrons. The highest BCUT2D eigenvalue weighted by Gasteiger charge is 2.28. The van der Waals surface area contributed by atoms with Gasteiger partial charge in [0.05, 0.1) is 13.7 Å². The molecule has 1 N–H and O–H groups in total. The first kappa shape index (κ1) is 12.0. The average molecular weight is 212 g/mol. The van der Waals surface area contributed by atoms with E-state index in [-0.39, 0.29) is 12.4 Å². The predicted octanol–water partition coefficient (Wildman–Crippen LogP) is 2.41. The summed E-state index contributed by atoms with van der Waals surface area (Å²) in [6.07, 6.45) is 0. The SMILES string of the molecule is COc1ccc(C)c(F)c1C(C)(C)CO. The number of methoxy groups -OCH3 is 1. The Morgan fingerprint density at radius 1 is 1.40 bits per heavy atom. The summed E-state index contributed by atoms with van der Waals surface area (Å²) in [5.41, 5.74) is 0.362. The number of halogens is 1. The number of benzene rings is 1. The van der Waals surface area contributed by atoms with Gasteiger partial charge in [-0.05, 0) is 18.6 Å². The summed E-state index contributed by atoms with van der Waals surface area (Å²) in [5, 5.41) is 9.26. The maximum Gasteiger partial charge on any atom is 0.133 e. The highest BCUT2D eigenvalue weighted by Crippen LogP contribution is 2.34. The van der Waals surface area contributed by atoms with Crippen molar-refractivity contribution >= 4 is 0 Å². The number of aryl methyl sites for hydroxylation is 1. The van der Waals surface area contributed by atoms with E-state index in [9.17, 15) is 9.50 Å². The first-order valence-electron chi connectivity index (χ1n) is 4.88. The fraction of sp³-hybridized carbons (Fsp3) is 0.500. The minimum Gasteiger partial charge on any atom is -0.496 e. The van der Waals surface area contributed by atoms with E-state index in [1.807, 2.05) is 0 Å². The molecule has 0 radical (unpaired) electrons. The maximum absolute atomic E-state index is 13.9. The molecule has 0 saturated carbocycles. The Balaban J connectivity index is 3.42. The summed E-state index contributed by atoms with van der Waals surface area (Å²) in [6, 6.07) is 3.40. The largest absolute Gasteiger partial charge is 0.496 e. The van der Waals surface area contributed by atoms with Crippen molar-refractivity contribution in [3.05, 3.63) is 29.1 Å². The van der Waals surface area contributed by atoms with Gasteiger partial charge in [0.15, 0.2) is 0 Å². The van der Waals surface area contributed by atoms with Crippen LogP contribution in [-0.4, -0.2) is 18.8 Å². The monoisotopic (exact) mass is 212 g/mol. The second-order valence-electron chi connectivity index (χ2n) is 4.32. The predicted molar refractivity (Wildman–Crippen MR) is 57.8 cm³/mol. The van der Waals surface area contributed by atoms with E-state index in [2.05, 4.69) is 0 Å². The molecule has 0 saturated heterocycles. The van der Waals surface area contributed by atoms with Crippen LogP contribution in [0.15, 0.2) is 12.1 Å². The number of hydrogen-bond acceptors (Lipinski definition) is 2. The van der Waals surface area contributed by atoms with Crippen LogP contribution in [0.3, 0.4) is 0 Å². The van der Waals surface area contributed by atoms with Gasteiger partial charge in [-0.15, -0.1) is 0 Å². The number of hydrogen-bond donors (Lipinski definition) is 1. The van der Waals surface area contributed by atoms with Crippen molar-refractivity contribution in [2.24, 2.45) is 0 Å². The molecule has 0 aliphatic rings. The molecule has 0 amide bonds. The smallest absolute Gasteiger partial charge is 0.133 e. The molecule has 15 heavy (non-hydrogen) atoms. The van der Waals surface area contributed by atoms with Gasteiger partial charge in [0.1, 0.15) is 11.6 Å². The third-order valence-electron chi connectivity index (χ3n) is 2.59. The molecule has 3 heteroatoms. The van der Waals surface area contributed by atoms with E-state index in [0.717, 1.165) is 0 Å². The van der Waals surface area contributed by atoms with Crippen LogP contribution < -0.4 is 4.74 Å². The zero-order chi connectivity index (χ0) is 11.6. The summed E-state index contributed by atoms with van der Waals surface area (Å²) >= 11 is 0. The van der Waals surface area contributed by atoms with Gasteiger partial charge >= 0.3 is 0 Å². The molecular formula is C12H17FO2. The Morgan fingerprint density at radius 3 is 2.47 bits per heavy atom. The van der Waals surface area contributed by atoms with Gasteiger partial charge in [-0.3, -0.25) is 0 Å². The Hall–Kier alpha value is -1.09. The zero-order valence-electron chi connectivity index (χ0n) is 9.60. The van der Waals surface area contributed by atoms with Gasteiger partial charge in [-0.1, -0.05) is 19.9 Å². The molecule has 0 bridgehead atoms. The third-order valence-corrected chi connectivity index (χ3v) is 2.59. The van der Waals surface area contributed by atoms with E-state index in [1.54, 1.807) is 32.9 Å². The lowest BCUT2D eigenvalue weighted by Crippen LogP contribution is -2.25. The van der Waals surface area contributed by atoms with Crippen molar-refractivity contribution < 1.29 is 14.2 Å². The van der Waals surface area contributed by atoms with E-state index < -0.39 is 5.41 Å². The molecule has 0 spiro atoms.